The van der Waals surface area contributed by atoms with Gasteiger partial charge in [-0.2, -0.15) is 5.10 Å². The third kappa shape index (κ3) is 2.40. The van der Waals surface area contributed by atoms with E-state index in [4.69, 9.17) is 0 Å². The summed E-state index contributed by atoms with van der Waals surface area (Å²) in [5.41, 5.74) is 6.11. The third-order valence-electron chi connectivity index (χ3n) is 3.94. The second-order valence-corrected chi connectivity index (χ2v) is 6.40. The number of fused-ring (bicyclic) bond motifs is 1. The van der Waals surface area contributed by atoms with Gasteiger partial charge in [-0.15, -0.1) is 0 Å². The molecule has 0 aliphatic heterocycles. The Kier molecular flexibility index (Phi) is 3.20. The lowest BCUT2D eigenvalue weighted by molar-refractivity contribution is 0.590. The summed E-state index contributed by atoms with van der Waals surface area (Å²) in [6.45, 7) is 6.70. The first-order chi connectivity index (χ1) is 10.0. The summed E-state index contributed by atoms with van der Waals surface area (Å²) < 4.78 is 0. The normalized spacial score (nSPS) is 11.8. The lowest BCUT2D eigenvalue weighted by Crippen LogP contribution is -2.10. The van der Waals surface area contributed by atoms with Gasteiger partial charge in [0, 0.05) is 18.0 Å². The van der Waals surface area contributed by atoms with Crippen molar-refractivity contribution in [3.63, 3.8) is 0 Å². The maximum absolute atomic E-state index is 4.13. The highest BCUT2D eigenvalue weighted by Gasteiger charge is 2.14. The SMILES string of the molecule is CNc1c(-c2ccc(C(C)(C)C)cc2)ccc2[nH]ncc12. The summed E-state index contributed by atoms with van der Waals surface area (Å²) >= 11 is 0. The minimum atomic E-state index is 0.179. The second-order valence-electron chi connectivity index (χ2n) is 6.40. The Morgan fingerprint density at radius 1 is 1.00 bits per heavy atom. The van der Waals surface area contributed by atoms with Gasteiger partial charge in [0.2, 0.25) is 0 Å². The average Bonchev–Trinajstić information content (AvgIpc) is 2.94. The van der Waals surface area contributed by atoms with Crippen LogP contribution in [0.25, 0.3) is 22.0 Å². The molecule has 0 aliphatic rings. The van der Waals surface area contributed by atoms with Crippen LogP contribution in [-0.4, -0.2) is 17.2 Å². The minimum absolute atomic E-state index is 0.179. The van der Waals surface area contributed by atoms with Crippen LogP contribution in [0.5, 0.6) is 0 Å². The Labute approximate surface area is 125 Å². The predicted molar refractivity (Wildman–Crippen MR) is 89.8 cm³/mol. The maximum Gasteiger partial charge on any atom is 0.0671 e. The van der Waals surface area contributed by atoms with Gasteiger partial charge in [0.15, 0.2) is 0 Å². The van der Waals surface area contributed by atoms with Crippen molar-refractivity contribution in [2.75, 3.05) is 12.4 Å². The number of benzene rings is 2. The Balaban J connectivity index is 2.11. The number of nitrogens with one attached hydrogen (secondary N) is 2. The van der Waals surface area contributed by atoms with E-state index in [2.05, 4.69) is 72.7 Å². The largest absolute Gasteiger partial charge is 0.387 e. The number of rotatable bonds is 2. The van der Waals surface area contributed by atoms with Crippen LogP contribution in [0.15, 0.2) is 42.6 Å². The molecule has 0 radical (unpaired) electrons. The van der Waals surface area contributed by atoms with Crippen molar-refractivity contribution in [2.45, 2.75) is 26.2 Å². The zero-order valence-corrected chi connectivity index (χ0v) is 13.0. The molecule has 2 N–H and O–H groups in total. The van der Waals surface area contributed by atoms with E-state index in [1.807, 2.05) is 13.2 Å². The van der Waals surface area contributed by atoms with E-state index in [1.54, 1.807) is 0 Å². The first-order valence-corrected chi connectivity index (χ1v) is 7.25. The lowest BCUT2D eigenvalue weighted by atomic mass is 9.86. The summed E-state index contributed by atoms with van der Waals surface area (Å²) in [6, 6.07) is 13.0. The average molecular weight is 279 g/mol. The lowest BCUT2D eigenvalue weighted by Gasteiger charge is -2.19. The quantitative estimate of drug-likeness (QED) is 0.721. The van der Waals surface area contributed by atoms with E-state index in [1.165, 1.54) is 16.7 Å². The molecule has 0 aliphatic carbocycles. The van der Waals surface area contributed by atoms with Crippen LogP contribution in [0.4, 0.5) is 5.69 Å². The van der Waals surface area contributed by atoms with E-state index < -0.39 is 0 Å². The zero-order valence-electron chi connectivity index (χ0n) is 13.0. The van der Waals surface area contributed by atoms with Gasteiger partial charge in [0.1, 0.15) is 0 Å². The van der Waals surface area contributed by atoms with Crippen LogP contribution in [0.2, 0.25) is 0 Å². The van der Waals surface area contributed by atoms with Gasteiger partial charge < -0.3 is 5.32 Å². The molecule has 0 bridgehead atoms. The van der Waals surface area contributed by atoms with Crippen molar-refractivity contribution in [3.8, 4) is 11.1 Å². The van der Waals surface area contributed by atoms with E-state index in [0.29, 0.717) is 0 Å². The number of nitrogens with zero attached hydrogens (tertiary/aromatic N) is 1. The Morgan fingerprint density at radius 3 is 2.33 bits per heavy atom. The molecule has 0 amide bonds. The van der Waals surface area contributed by atoms with Crippen molar-refractivity contribution in [2.24, 2.45) is 0 Å². The van der Waals surface area contributed by atoms with Gasteiger partial charge in [-0.3, -0.25) is 5.10 Å². The summed E-state index contributed by atoms with van der Waals surface area (Å²) in [5.74, 6) is 0. The summed E-state index contributed by atoms with van der Waals surface area (Å²) in [5, 5.41) is 11.6. The van der Waals surface area contributed by atoms with Gasteiger partial charge in [-0.1, -0.05) is 51.1 Å². The first kappa shape index (κ1) is 13.7. The molecule has 21 heavy (non-hydrogen) atoms. The molecule has 0 saturated heterocycles. The van der Waals surface area contributed by atoms with Gasteiger partial charge in [-0.05, 0) is 22.6 Å². The molecule has 0 unspecified atom stereocenters. The minimum Gasteiger partial charge on any atom is -0.387 e. The maximum atomic E-state index is 4.13. The number of aromatic nitrogens is 2. The zero-order chi connectivity index (χ0) is 15.0. The van der Waals surface area contributed by atoms with Gasteiger partial charge >= 0.3 is 0 Å². The molecule has 1 aromatic heterocycles. The molecule has 108 valence electrons. The highest BCUT2D eigenvalue weighted by Crippen LogP contribution is 2.34. The topological polar surface area (TPSA) is 40.7 Å². The molecular formula is C18H21N3. The summed E-state index contributed by atoms with van der Waals surface area (Å²) in [7, 11) is 1.95. The number of hydrogen-bond donors (Lipinski definition) is 2. The fraction of sp³-hybridized carbons (Fsp3) is 0.278. The molecule has 3 heteroatoms. The van der Waals surface area contributed by atoms with Gasteiger partial charge in [0.05, 0.1) is 17.4 Å². The number of anilines is 1. The number of hydrogen-bond acceptors (Lipinski definition) is 2. The molecule has 1 heterocycles. The standard InChI is InChI=1S/C18H21N3/c1-18(2,3)13-7-5-12(6-8-13)14-9-10-16-15(11-20-21-16)17(14)19-4/h5-11,19H,1-4H3,(H,20,21). The Bertz CT molecular complexity index is 761. The molecule has 3 rings (SSSR count). The molecular weight excluding hydrogens is 258 g/mol. The van der Waals surface area contributed by atoms with Crippen LogP contribution < -0.4 is 5.32 Å². The first-order valence-electron chi connectivity index (χ1n) is 7.25. The summed E-state index contributed by atoms with van der Waals surface area (Å²) in [6.07, 6.45) is 1.87. The van der Waals surface area contributed by atoms with Crippen molar-refractivity contribution < 1.29 is 0 Å². The highest BCUT2D eigenvalue weighted by atomic mass is 15.1. The fourth-order valence-electron chi connectivity index (χ4n) is 2.68. The monoisotopic (exact) mass is 279 g/mol. The van der Waals surface area contributed by atoms with E-state index >= 15 is 0 Å². The fourth-order valence-corrected chi connectivity index (χ4v) is 2.68. The van der Waals surface area contributed by atoms with Crippen LogP contribution in [0.1, 0.15) is 26.3 Å². The van der Waals surface area contributed by atoms with Gasteiger partial charge in [-0.25, -0.2) is 0 Å². The van der Waals surface area contributed by atoms with E-state index in [0.717, 1.165) is 16.6 Å². The molecule has 3 nitrogen and oxygen atoms in total. The third-order valence-corrected chi connectivity index (χ3v) is 3.94. The van der Waals surface area contributed by atoms with Crippen LogP contribution in [0, 0.1) is 0 Å². The summed E-state index contributed by atoms with van der Waals surface area (Å²) in [4.78, 5) is 0. The van der Waals surface area contributed by atoms with Crippen LogP contribution >= 0.6 is 0 Å². The van der Waals surface area contributed by atoms with Crippen molar-refractivity contribution in [1.29, 1.82) is 0 Å². The Morgan fingerprint density at radius 2 is 1.71 bits per heavy atom. The number of H-pyrrole nitrogens is 1. The van der Waals surface area contributed by atoms with Gasteiger partial charge in [0.25, 0.3) is 0 Å². The molecule has 3 aromatic rings. The molecule has 0 fully saturated rings. The van der Waals surface area contributed by atoms with Crippen LogP contribution in [-0.2, 0) is 5.41 Å². The predicted octanol–water partition coefficient (Wildman–Crippen LogP) is 4.57. The van der Waals surface area contributed by atoms with E-state index in [9.17, 15) is 0 Å². The number of aromatic amines is 1. The highest BCUT2D eigenvalue weighted by molar-refractivity contribution is 5.99. The van der Waals surface area contributed by atoms with Crippen molar-refractivity contribution in [3.05, 3.63) is 48.2 Å². The molecule has 0 saturated carbocycles. The molecule has 0 atom stereocenters. The van der Waals surface area contributed by atoms with Crippen molar-refractivity contribution >= 4 is 16.6 Å². The smallest absolute Gasteiger partial charge is 0.0671 e. The Hall–Kier alpha value is -2.29. The molecule has 2 aromatic carbocycles. The molecule has 0 spiro atoms. The van der Waals surface area contributed by atoms with Crippen LogP contribution in [0.3, 0.4) is 0 Å². The van der Waals surface area contributed by atoms with E-state index in [-0.39, 0.29) is 5.41 Å². The second kappa shape index (κ2) is 4.92. The van der Waals surface area contributed by atoms with Crippen molar-refractivity contribution in [1.82, 2.24) is 10.2 Å².